The quantitative estimate of drug-likeness (QED) is 0.499. The van der Waals surface area contributed by atoms with Crippen molar-refractivity contribution < 1.29 is 18.7 Å². The molecule has 5 rings (SSSR count). The van der Waals surface area contributed by atoms with Gasteiger partial charge in [-0.1, -0.05) is 24.3 Å². The molecule has 0 fully saturated rings. The van der Waals surface area contributed by atoms with E-state index in [9.17, 15) is 9.59 Å². The van der Waals surface area contributed by atoms with Crippen LogP contribution in [-0.2, 0) is 22.6 Å². The first-order valence-corrected chi connectivity index (χ1v) is 10.2. The second-order valence-corrected chi connectivity index (χ2v) is 7.79. The van der Waals surface area contributed by atoms with Crippen molar-refractivity contribution in [1.29, 1.82) is 0 Å². The van der Waals surface area contributed by atoms with Crippen LogP contribution in [-0.4, -0.2) is 23.9 Å². The Bertz CT molecular complexity index is 1290. The summed E-state index contributed by atoms with van der Waals surface area (Å²) >= 11 is 1.33. The first-order valence-electron chi connectivity index (χ1n) is 9.32. The zero-order chi connectivity index (χ0) is 20.7. The highest BCUT2D eigenvalue weighted by Gasteiger charge is 2.22. The Hall–Kier alpha value is -3.49. The number of benzene rings is 2. The Morgan fingerprint density at radius 1 is 1.30 bits per heavy atom. The Kier molecular flexibility index (Phi) is 4.57. The summed E-state index contributed by atoms with van der Waals surface area (Å²) in [6, 6.07) is 13.2. The topological polar surface area (TPSA) is 93.5 Å². The third-order valence-corrected chi connectivity index (χ3v) is 5.70. The van der Waals surface area contributed by atoms with E-state index in [1.54, 1.807) is 7.11 Å². The number of hydrogen-bond donors (Lipinski definition) is 2. The van der Waals surface area contributed by atoms with Gasteiger partial charge in [-0.2, -0.15) is 0 Å². The third kappa shape index (κ3) is 3.26. The average Bonchev–Trinajstić information content (AvgIpc) is 3.44. The van der Waals surface area contributed by atoms with Gasteiger partial charge in [-0.05, 0) is 23.8 Å². The van der Waals surface area contributed by atoms with Gasteiger partial charge in [0.1, 0.15) is 5.58 Å². The van der Waals surface area contributed by atoms with Crippen LogP contribution in [0.2, 0.25) is 0 Å². The highest BCUT2D eigenvalue weighted by molar-refractivity contribution is 7.14. The maximum atomic E-state index is 12.9. The number of methoxy groups -OCH3 is 1. The summed E-state index contributed by atoms with van der Waals surface area (Å²) in [5, 5.41) is 8.83. The first kappa shape index (κ1) is 18.5. The number of aromatic nitrogens is 1. The van der Waals surface area contributed by atoms with E-state index in [2.05, 4.69) is 15.6 Å². The summed E-state index contributed by atoms with van der Waals surface area (Å²) in [6.45, 7) is 0.269. The molecule has 3 heterocycles. The van der Waals surface area contributed by atoms with E-state index in [-0.39, 0.29) is 24.2 Å². The number of para-hydroxylation sites is 1. The van der Waals surface area contributed by atoms with E-state index < -0.39 is 0 Å². The van der Waals surface area contributed by atoms with Gasteiger partial charge in [0.25, 0.3) is 5.91 Å². The van der Waals surface area contributed by atoms with Gasteiger partial charge in [0.05, 0.1) is 18.7 Å². The SMILES string of the molecule is COCc1c(C(=O)Nc2nc(-c3ccc4c(c3)CC(=O)N4)cs2)oc2ccccc12. The van der Waals surface area contributed by atoms with Crippen molar-refractivity contribution in [3.8, 4) is 11.3 Å². The standard InChI is InChI=1S/C22H17N3O4S/c1-28-10-15-14-4-2-3-5-18(14)29-20(15)21(27)25-22-24-17(11-30-22)12-6-7-16-13(8-12)9-19(26)23-16/h2-8,11H,9-10H2,1H3,(H,23,26)(H,24,25,27). The summed E-state index contributed by atoms with van der Waals surface area (Å²) in [4.78, 5) is 29.0. The Balaban J connectivity index is 1.40. The van der Waals surface area contributed by atoms with Crippen LogP contribution in [0, 0.1) is 0 Å². The van der Waals surface area contributed by atoms with Gasteiger partial charge in [0.15, 0.2) is 10.9 Å². The molecule has 7 nitrogen and oxygen atoms in total. The normalized spacial score (nSPS) is 12.8. The van der Waals surface area contributed by atoms with E-state index in [1.165, 1.54) is 11.3 Å². The molecule has 0 spiro atoms. The fraction of sp³-hybridized carbons (Fsp3) is 0.136. The summed E-state index contributed by atoms with van der Waals surface area (Å²) < 4.78 is 11.0. The lowest BCUT2D eigenvalue weighted by molar-refractivity contribution is -0.115. The minimum atomic E-state index is -0.372. The molecule has 0 aliphatic carbocycles. The highest BCUT2D eigenvalue weighted by Crippen LogP contribution is 2.32. The van der Waals surface area contributed by atoms with E-state index >= 15 is 0 Å². The van der Waals surface area contributed by atoms with Crippen LogP contribution in [0.1, 0.15) is 21.7 Å². The second-order valence-electron chi connectivity index (χ2n) is 6.93. The monoisotopic (exact) mass is 419 g/mol. The van der Waals surface area contributed by atoms with E-state index in [0.29, 0.717) is 22.7 Å². The smallest absolute Gasteiger partial charge is 0.293 e. The summed E-state index contributed by atoms with van der Waals surface area (Å²) in [6.07, 6.45) is 0.366. The zero-order valence-electron chi connectivity index (χ0n) is 16.0. The van der Waals surface area contributed by atoms with Crippen LogP contribution < -0.4 is 10.6 Å². The molecule has 0 saturated heterocycles. The van der Waals surface area contributed by atoms with Crippen LogP contribution >= 0.6 is 11.3 Å². The Morgan fingerprint density at radius 2 is 2.17 bits per heavy atom. The molecule has 30 heavy (non-hydrogen) atoms. The Morgan fingerprint density at radius 3 is 3.03 bits per heavy atom. The van der Waals surface area contributed by atoms with Crippen LogP contribution in [0.4, 0.5) is 10.8 Å². The summed E-state index contributed by atoms with van der Waals surface area (Å²) in [7, 11) is 1.58. The van der Waals surface area contributed by atoms with Crippen molar-refractivity contribution in [2.24, 2.45) is 0 Å². The molecule has 1 aliphatic heterocycles. The molecule has 2 amide bonds. The minimum absolute atomic E-state index is 0.00826. The molecule has 150 valence electrons. The number of furan rings is 1. The minimum Gasteiger partial charge on any atom is -0.451 e. The number of carbonyl (C=O) groups is 2. The molecule has 0 saturated carbocycles. The predicted octanol–water partition coefficient (Wildman–Crippen LogP) is 4.45. The molecular weight excluding hydrogens is 402 g/mol. The highest BCUT2D eigenvalue weighted by atomic mass is 32.1. The maximum Gasteiger partial charge on any atom is 0.293 e. The number of rotatable bonds is 5. The van der Waals surface area contributed by atoms with Crippen molar-refractivity contribution in [1.82, 2.24) is 4.98 Å². The molecule has 1 aliphatic rings. The summed E-state index contributed by atoms with van der Waals surface area (Å²) in [5.41, 5.74) is 4.75. The van der Waals surface area contributed by atoms with Crippen molar-refractivity contribution in [3.05, 3.63) is 64.7 Å². The predicted molar refractivity (Wildman–Crippen MR) is 115 cm³/mol. The molecular formula is C22H17N3O4S. The molecule has 2 N–H and O–H groups in total. The number of anilines is 2. The Labute approximate surface area is 175 Å². The molecule has 0 bridgehead atoms. The first-order chi connectivity index (χ1) is 14.6. The van der Waals surface area contributed by atoms with Gasteiger partial charge >= 0.3 is 0 Å². The maximum absolute atomic E-state index is 12.9. The largest absolute Gasteiger partial charge is 0.451 e. The number of amides is 2. The number of nitrogens with zero attached hydrogens (tertiary/aromatic N) is 1. The van der Waals surface area contributed by atoms with Crippen molar-refractivity contribution in [2.45, 2.75) is 13.0 Å². The van der Waals surface area contributed by atoms with Crippen LogP contribution in [0.25, 0.3) is 22.2 Å². The molecule has 2 aromatic heterocycles. The van der Waals surface area contributed by atoms with Gasteiger partial charge in [-0.3, -0.25) is 14.9 Å². The van der Waals surface area contributed by atoms with Gasteiger partial charge in [0.2, 0.25) is 5.91 Å². The van der Waals surface area contributed by atoms with Gasteiger partial charge < -0.3 is 14.5 Å². The molecule has 0 radical (unpaired) electrons. The number of thiazole rings is 1. The molecule has 0 atom stereocenters. The number of ether oxygens (including phenoxy) is 1. The fourth-order valence-electron chi connectivity index (χ4n) is 3.58. The van der Waals surface area contributed by atoms with E-state index in [1.807, 2.05) is 47.8 Å². The average molecular weight is 419 g/mol. The van der Waals surface area contributed by atoms with Crippen molar-refractivity contribution in [3.63, 3.8) is 0 Å². The number of hydrogen-bond acceptors (Lipinski definition) is 6. The number of nitrogens with one attached hydrogen (secondary N) is 2. The van der Waals surface area contributed by atoms with Gasteiger partial charge in [-0.25, -0.2) is 4.98 Å². The fourth-order valence-corrected chi connectivity index (χ4v) is 4.29. The van der Waals surface area contributed by atoms with E-state index in [0.717, 1.165) is 27.9 Å². The van der Waals surface area contributed by atoms with Gasteiger partial charge in [-0.15, -0.1) is 11.3 Å². The van der Waals surface area contributed by atoms with E-state index in [4.69, 9.17) is 9.15 Å². The number of fused-ring (bicyclic) bond motifs is 2. The molecule has 4 aromatic rings. The lowest BCUT2D eigenvalue weighted by Gasteiger charge is -2.03. The van der Waals surface area contributed by atoms with Crippen LogP contribution in [0.3, 0.4) is 0 Å². The number of carbonyl (C=O) groups excluding carboxylic acids is 2. The van der Waals surface area contributed by atoms with Crippen LogP contribution in [0.5, 0.6) is 0 Å². The zero-order valence-corrected chi connectivity index (χ0v) is 16.8. The lowest BCUT2D eigenvalue weighted by atomic mass is 10.1. The van der Waals surface area contributed by atoms with Crippen molar-refractivity contribution >= 4 is 44.9 Å². The third-order valence-electron chi connectivity index (χ3n) is 4.94. The second kappa shape index (κ2) is 7.40. The van der Waals surface area contributed by atoms with Crippen LogP contribution in [0.15, 0.2) is 52.3 Å². The molecule has 0 unspecified atom stereocenters. The van der Waals surface area contributed by atoms with Gasteiger partial charge in [0, 0.05) is 34.7 Å². The molecule has 8 heteroatoms. The van der Waals surface area contributed by atoms with Crippen molar-refractivity contribution in [2.75, 3.05) is 17.7 Å². The lowest BCUT2D eigenvalue weighted by Crippen LogP contribution is -2.13. The summed E-state index contributed by atoms with van der Waals surface area (Å²) in [5.74, 6) is -0.161. The molecule has 2 aromatic carbocycles.